The van der Waals surface area contributed by atoms with Crippen LogP contribution in [0, 0.1) is 0 Å². The molecule has 12 nitrogen and oxygen atoms in total. The lowest BCUT2D eigenvalue weighted by Gasteiger charge is -2.03. The number of hydrogen-bond acceptors (Lipinski definition) is 7. The Kier molecular flexibility index (Phi) is 18.6. The third-order valence-corrected chi connectivity index (χ3v) is 1.63. The average Bonchev–Trinajstić information content (AvgIpc) is 2.44. The predicted octanol–water partition coefficient (Wildman–Crippen LogP) is -3.49. The number of aliphatic imine (C=N–C) groups is 1. The van der Waals surface area contributed by atoms with Crippen LogP contribution in [-0.2, 0) is 14.4 Å². The molecule has 0 aromatic heterocycles. The molecule has 0 bridgehead atoms. The number of nitrogens with two attached hydrogens (primary N) is 5. The molecule has 0 aromatic rings. The smallest absolute Gasteiger partial charge is 0.320 e. The van der Waals surface area contributed by atoms with E-state index in [1.54, 1.807) is 0 Å². The van der Waals surface area contributed by atoms with Gasteiger partial charge in [0, 0.05) is 6.54 Å². The van der Waals surface area contributed by atoms with Crippen LogP contribution in [0.3, 0.4) is 0 Å². The highest BCUT2D eigenvalue weighted by molar-refractivity contribution is 5.75. The van der Waals surface area contributed by atoms with Crippen molar-refractivity contribution in [3.05, 3.63) is 0 Å². The lowest BCUT2D eigenvalue weighted by atomic mass is 10.2. The first-order valence-electron chi connectivity index (χ1n) is 5.95. The Morgan fingerprint density at radius 2 is 1.32 bits per heavy atom. The summed E-state index contributed by atoms with van der Waals surface area (Å²) in [7, 11) is 0. The van der Waals surface area contributed by atoms with Gasteiger partial charge >= 0.3 is 17.9 Å². The summed E-state index contributed by atoms with van der Waals surface area (Å²) in [6, 6.07) is -0.820. The first-order chi connectivity index (χ1) is 10.1. The van der Waals surface area contributed by atoms with Crippen molar-refractivity contribution in [3.63, 3.8) is 0 Å². The summed E-state index contributed by atoms with van der Waals surface area (Å²) < 4.78 is 0. The standard InChI is InChI=1S/C6H14N4O2.2C2H5NO2/c7-4(5(11)12)2-1-3-10-6(8)9;2*3-1-2(4)5/h4H,1-3,7H2,(H,11,12)(H4,8,9,10);2*1,3H2,(H,4,5)/t4-;;/m1../s1. The van der Waals surface area contributed by atoms with E-state index in [2.05, 4.69) is 16.5 Å². The van der Waals surface area contributed by atoms with Crippen LogP contribution in [0.5, 0.6) is 0 Å². The monoisotopic (exact) mass is 324 g/mol. The molecule has 0 spiro atoms. The van der Waals surface area contributed by atoms with Gasteiger partial charge in [-0.05, 0) is 12.8 Å². The average molecular weight is 324 g/mol. The van der Waals surface area contributed by atoms with E-state index in [1.807, 2.05) is 0 Å². The number of rotatable bonds is 7. The maximum atomic E-state index is 10.2. The number of carbonyl (C=O) groups is 3. The van der Waals surface area contributed by atoms with Gasteiger partial charge in [-0.1, -0.05) is 0 Å². The van der Waals surface area contributed by atoms with Crippen LogP contribution in [0.15, 0.2) is 4.99 Å². The predicted molar refractivity (Wildman–Crippen MR) is 78.9 cm³/mol. The summed E-state index contributed by atoms with van der Waals surface area (Å²) in [5.41, 5.74) is 24.5. The molecule has 0 amide bonds. The summed E-state index contributed by atoms with van der Waals surface area (Å²) >= 11 is 0. The van der Waals surface area contributed by atoms with E-state index in [4.69, 9.17) is 32.5 Å². The highest BCUT2D eigenvalue weighted by atomic mass is 16.4. The van der Waals surface area contributed by atoms with Gasteiger partial charge in [0.15, 0.2) is 5.96 Å². The van der Waals surface area contributed by atoms with Crippen molar-refractivity contribution in [2.24, 2.45) is 33.7 Å². The third kappa shape index (κ3) is 30.5. The number of carboxylic acid groups (broad SMARTS) is 3. The van der Waals surface area contributed by atoms with Crippen LogP contribution in [0.1, 0.15) is 12.8 Å². The second kappa shape index (κ2) is 16.6. The van der Waals surface area contributed by atoms with Gasteiger partial charge < -0.3 is 44.0 Å². The molecular weight excluding hydrogens is 300 g/mol. The number of carboxylic acids is 3. The molecule has 0 aromatic carbocycles. The van der Waals surface area contributed by atoms with Gasteiger partial charge in [-0.25, -0.2) is 0 Å². The molecule has 12 heteroatoms. The molecule has 0 unspecified atom stereocenters. The molecule has 0 saturated heterocycles. The molecule has 0 fully saturated rings. The minimum atomic E-state index is -1.00. The Morgan fingerprint density at radius 3 is 1.55 bits per heavy atom. The lowest BCUT2D eigenvalue weighted by molar-refractivity contribution is -0.139. The van der Waals surface area contributed by atoms with E-state index in [1.165, 1.54) is 0 Å². The van der Waals surface area contributed by atoms with E-state index in [0.29, 0.717) is 19.4 Å². The fourth-order valence-corrected chi connectivity index (χ4v) is 0.643. The topological polar surface area (TPSA) is 254 Å². The van der Waals surface area contributed by atoms with Crippen molar-refractivity contribution in [2.45, 2.75) is 18.9 Å². The van der Waals surface area contributed by atoms with Gasteiger partial charge in [0.05, 0.1) is 13.1 Å². The van der Waals surface area contributed by atoms with Crippen LogP contribution in [-0.4, -0.2) is 64.9 Å². The number of nitrogens with zero attached hydrogens (tertiary/aromatic N) is 1. The molecule has 0 aliphatic heterocycles. The van der Waals surface area contributed by atoms with Crippen LogP contribution < -0.4 is 28.7 Å². The fraction of sp³-hybridized carbons (Fsp3) is 0.600. The van der Waals surface area contributed by atoms with Crippen LogP contribution in [0.2, 0.25) is 0 Å². The highest BCUT2D eigenvalue weighted by Crippen LogP contribution is 1.94. The number of hydrogen-bond donors (Lipinski definition) is 8. The maximum Gasteiger partial charge on any atom is 0.320 e. The third-order valence-electron chi connectivity index (χ3n) is 1.63. The molecule has 0 aliphatic rings. The minimum absolute atomic E-state index is 0.0129. The van der Waals surface area contributed by atoms with Crippen LogP contribution in [0.4, 0.5) is 0 Å². The molecule has 0 saturated carbocycles. The Balaban J connectivity index is -0.000000298. The molecule has 22 heavy (non-hydrogen) atoms. The second-order valence-electron chi connectivity index (χ2n) is 3.59. The van der Waals surface area contributed by atoms with Crippen molar-refractivity contribution >= 4 is 23.9 Å². The van der Waals surface area contributed by atoms with Gasteiger partial charge in [-0.15, -0.1) is 0 Å². The van der Waals surface area contributed by atoms with Crippen LogP contribution >= 0.6 is 0 Å². The molecular formula is C10H24N6O6. The SMILES string of the molecule is NC(N)=NCCC[C@@H](N)C(=O)O.NCC(=O)O.NCC(=O)O. The van der Waals surface area contributed by atoms with Gasteiger partial charge in [-0.2, -0.15) is 0 Å². The Hall–Kier alpha value is -2.44. The summed E-state index contributed by atoms with van der Waals surface area (Å²) in [5, 5.41) is 23.6. The fourth-order valence-electron chi connectivity index (χ4n) is 0.643. The van der Waals surface area contributed by atoms with Gasteiger partial charge in [0.1, 0.15) is 6.04 Å². The summed E-state index contributed by atoms with van der Waals surface area (Å²) in [6.45, 7) is -0.136. The highest BCUT2D eigenvalue weighted by Gasteiger charge is 2.09. The van der Waals surface area contributed by atoms with Gasteiger partial charge in [0.25, 0.3) is 0 Å². The van der Waals surface area contributed by atoms with Crippen molar-refractivity contribution in [1.82, 2.24) is 0 Å². The summed E-state index contributed by atoms with van der Waals surface area (Å²) in [4.78, 5) is 32.4. The molecule has 0 rings (SSSR count). The van der Waals surface area contributed by atoms with E-state index in [9.17, 15) is 14.4 Å². The Morgan fingerprint density at radius 1 is 0.955 bits per heavy atom. The second-order valence-corrected chi connectivity index (χ2v) is 3.59. The van der Waals surface area contributed by atoms with Crippen molar-refractivity contribution in [1.29, 1.82) is 0 Å². The van der Waals surface area contributed by atoms with Crippen LogP contribution in [0.25, 0.3) is 0 Å². The zero-order chi connectivity index (χ0) is 18.1. The van der Waals surface area contributed by atoms with E-state index < -0.39 is 23.9 Å². The van der Waals surface area contributed by atoms with Crippen molar-refractivity contribution in [2.75, 3.05) is 19.6 Å². The van der Waals surface area contributed by atoms with Crippen molar-refractivity contribution < 1.29 is 29.7 Å². The van der Waals surface area contributed by atoms with Crippen molar-refractivity contribution in [3.8, 4) is 0 Å². The zero-order valence-corrected chi connectivity index (χ0v) is 12.0. The number of aliphatic carboxylic acids is 3. The number of guanidine groups is 1. The molecule has 1 atom stereocenters. The molecule has 0 aliphatic carbocycles. The summed E-state index contributed by atoms with van der Waals surface area (Å²) in [5.74, 6) is -2.92. The summed E-state index contributed by atoms with van der Waals surface area (Å²) in [6.07, 6.45) is 0.956. The first-order valence-corrected chi connectivity index (χ1v) is 5.95. The molecule has 0 radical (unpaired) electrons. The van der Waals surface area contributed by atoms with E-state index in [-0.39, 0.29) is 19.0 Å². The quantitative estimate of drug-likeness (QED) is 0.129. The van der Waals surface area contributed by atoms with Gasteiger partial charge in [0.2, 0.25) is 0 Å². The van der Waals surface area contributed by atoms with Gasteiger partial charge in [-0.3, -0.25) is 19.4 Å². The molecule has 130 valence electrons. The molecule has 0 heterocycles. The van der Waals surface area contributed by atoms with E-state index in [0.717, 1.165) is 0 Å². The maximum absolute atomic E-state index is 10.2. The largest absolute Gasteiger partial charge is 0.480 e. The molecule has 13 N–H and O–H groups in total. The van der Waals surface area contributed by atoms with E-state index >= 15 is 0 Å². The Bertz CT molecular complexity index is 344. The minimum Gasteiger partial charge on any atom is -0.480 e. The Labute approximate surface area is 126 Å². The lowest BCUT2D eigenvalue weighted by Crippen LogP contribution is -2.30. The normalized spacial score (nSPS) is 9.95. The first kappa shape index (κ1) is 24.6. The zero-order valence-electron chi connectivity index (χ0n) is 12.0.